The van der Waals surface area contributed by atoms with Gasteiger partial charge in [-0.15, -0.1) is 11.3 Å². The van der Waals surface area contributed by atoms with Gasteiger partial charge in [-0.3, -0.25) is 4.79 Å². The molecule has 0 aliphatic carbocycles. The number of rotatable bonds is 5. The summed E-state index contributed by atoms with van der Waals surface area (Å²) in [6.07, 6.45) is 0. The average Bonchev–Trinajstić information content (AvgIpc) is 3.26. The molecule has 2 heterocycles. The number of ether oxygens (including phenoxy) is 1. The van der Waals surface area contributed by atoms with Crippen molar-refractivity contribution in [1.29, 1.82) is 0 Å². The van der Waals surface area contributed by atoms with Gasteiger partial charge in [-0.2, -0.15) is 4.98 Å². The Morgan fingerprint density at radius 1 is 1.39 bits per heavy atom. The Balaban J connectivity index is 1.77. The van der Waals surface area contributed by atoms with Gasteiger partial charge in [0.15, 0.2) is 0 Å². The zero-order valence-corrected chi connectivity index (χ0v) is 13.3. The van der Waals surface area contributed by atoms with Gasteiger partial charge < -0.3 is 14.6 Å². The molecular weight excluding hydrogens is 316 g/mol. The van der Waals surface area contributed by atoms with Crippen molar-refractivity contribution in [3.05, 3.63) is 46.7 Å². The first-order chi connectivity index (χ1) is 11.2. The molecule has 1 amide bonds. The van der Waals surface area contributed by atoms with Gasteiger partial charge in [0.2, 0.25) is 11.7 Å². The fraction of sp³-hybridized carbons (Fsp3) is 0.200. The summed E-state index contributed by atoms with van der Waals surface area (Å²) in [5, 5.41) is 8.40. The van der Waals surface area contributed by atoms with Crippen LogP contribution in [0.1, 0.15) is 29.3 Å². The van der Waals surface area contributed by atoms with Gasteiger partial charge in [0.25, 0.3) is 5.91 Å². The van der Waals surface area contributed by atoms with Crippen LogP contribution in [0.4, 0.5) is 0 Å². The van der Waals surface area contributed by atoms with Crippen LogP contribution in [0.25, 0.3) is 11.4 Å². The molecule has 23 heavy (non-hydrogen) atoms. The molecule has 7 nitrogen and oxygen atoms in total. The summed E-state index contributed by atoms with van der Waals surface area (Å²) >= 11 is 1.36. The predicted molar refractivity (Wildman–Crippen MR) is 84.3 cm³/mol. The second-order valence-electron chi connectivity index (χ2n) is 4.73. The number of nitrogens with one attached hydrogen (secondary N) is 1. The van der Waals surface area contributed by atoms with E-state index in [2.05, 4.69) is 20.4 Å². The molecule has 1 N–H and O–H groups in total. The van der Waals surface area contributed by atoms with Crippen molar-refractivity contribution >= 4 is 17.2 Å². The lowest BCUT2D eigenvalue weighted by atomic mass is 10.2. The molecule has 0 aliphatic heterocycles. The first-order valence-corrected chi connectivity index (χ1v) is 7.79. The number of aromatic nitrogens is 3. The van der Waals surface area contributed by atoms with Gasteiger partial charge in [0.1, 0.15) is 17.5 Å². The van der Waals surface area contributed by atoms with Crippen molar-refractivity contribution in [1.82, 2.24) is 20.4 Å². The van der Waals surface area contributed by atoms with Gasteiger partial charge in [0, 0.05) is 5.38 Å². The summed E-state index contributed by atoms with van der Waals surface area (Å²) in [7, 11) is 1.58. The molecule has 3 rings (SSSR count). The van der Waals surface area contributed by atoms with E-state index in [0.717, 1.165) is 5.56 Å². The maximum atomic E-state index is 12.0. The van der Waals surface area contributed by atoms with Crippen LogP contribution in [0.15, 0.2) is 39.7 Å². The molecule has 2 aromatic heterocycles. The molecule has 0 fully saturated rings. The summed E-state index contributed by atoms with van der Waals surface area (Å²) in [6.45, 7) is 1.77. The normalized spacial score (nSPS) is 11.9. The Kier molecular flexibility index (Phi) is 4.33. The van der Waals surface area contributed by atoms with Crippen molar-refractivity contribution < 1.29 is 14.1 Å². The van der Waals surface area contributed by atoms with Crippen LogP contribution in [-0.2, 0) is 0 Å². The highest BCUT2D eigenvalue weighted by Gasteiger charge is 2.20. The minimum Gasteiger partial charge on any atom is -0.496 e. The number of benzene rings is 1. The van der Waals surface area contributed by atoms with Gasteiger partial charge in [-0.05, 0) is 19.1 Å². The topological polar surface area (TPSA) is 90.1 Å². The van der Waals surface area contributed by atoms with Gasteiger partial charge in [0.05, 0.1) is 18.2 Å². The summed E-state index contributed by atoms with van der Waals surface area (Å²) in [5.74, 6) is 1.09. The number of amides is 1. The van der Waals surface area contributed by atoms with Gasteiger partial charge in [-0.1, -0.05) is 17.3 Å². The van der Waals surface area contributed by atoms with E-state index in [4.69, 9.17) is 9.26 Å². The third-order valence-electron chi connectivity index (χ3n) is 3.17. The first kappa shape index (κ1) is 15.2. The van der Waals surface area contributed by atoms with Crippen LogP contribution in [0, 0.1) is 0 Å². The lowest BCUT2D eigenvalue weighted by Gasteiger charge is -2.07. The maximum Gasteiger partial charge on any atom is 0.271 e. The molecular formula is C15H14N4O3S. The van der Waals surface area contributed by atoms with Gasteiger partial charge >= 0.3 is 0 Å². The van der Waals surface area contributed by atoms with Crippen LogP contribution in [-0.4, -0.2) is 28.1 Å². The highest BCUT2D eigenvalue weighted by molar-refractivity contribution is 7.07. The zero-order valence-electron chi connectivity index (χ0n) is 12.5. The van der Waals surface area contributed by atoms with Crippen molar-refractivity contribution in [2.24, 2.45) is 0 Å². The van der Waals surface area contributed by atoms with E-state index >= 15 is 0 Å². The second-order valence-corrected chi connectivity index (χ2v) is 5.44. The Morgan fingerprint density at radius 2 is 2.22 bits per heavy atom. The number of nitrogens with zero attached hydrogens (tertiary/aromatic N) is 3. The fourth-order valence-electron chi connectivity index (χ4n) is 2.01. The van der Waals surface area contributed by atoms with Crippen LogP contribution in [0.3, 0.4) is 0 Å². The molecule has 0 saturated carbocycles. The quantitative estimate of drug-likeness (QED) is 0.773. The van der Waals surface area contributed by atoms with E-state index in [9.17, 15) is 4.79 Å². The van der Waals surface area contributed by atoms with E-state index < -0.39 is 6.04 Å². The molecule has 3 aromatic rings. The minimum atomic E-state index is -0.430. The number of hydrogen-bond donors (Lipinski definition) is 1. The van der Waals surface area contributed by atoms with Crippen molar-refractivity contribution in [2.45, 2.75) is 13.0 Å². The highest BCUT2D eigenvalue weighted by atomic mass is 32.1. The number of para-hydroxylation sites is 1. The van der Waals surface area contributed by atoms with Crippen molar-refractivity contribution in [2.75, 3.05) is 7.11 Å². The van der Waals surface area contributed by atoms with E-state index in [1.807, 2.05) is 24.3 Å². The monoisotopic (exact) mass is 330 g/mol. The Hall–Kier alpha value is -2.74. The molecule has 0 radical (unpaired) electrons. The van der Waals surface area contributed by atoms with E-state index in [-0.39, 0.29) is 5.91 Å². The number of thiazole rings is 1. The number of carbonyl (C=O) groups excluding carboxylic acids is 1. The highest BCUT2D eigenvalue weighted by Crippen LogP contribution is 2.27. The fourth-order valence-corrected chi connectivity index (χ4v) is 2.54. The predicted octanol–water partition coefficient (Wildman–Crippen LogP) is 2.69. The molecule has 0 saturated heterocycles. The number of methoxy groups -OCH3 is 1. The average molecular weight is 330 g/mol. The molecule has 1 aromatic carbocycles. The molecule has 8 heteroatoms. The summed E-state index contributed by atoms with van der Waals surface area (Å²) in [5.41, 5.74) is 2.70. The summed E-state index contributed by atoms with van der Waals surface area (Å²) in [6, 6.07) is 6.95. The van der Waals surface area contributed by atoms with E-state index in [1.165, 1.54) is 11.3 Å². The Morgan fingerprint density at radius 3 is 2.96 bits per heavy atom. The largest absolute Gasteiger partial charge is 0.496 e. The molecule has 1 atom stereocenters. The second kappa shape index (κ2) is 6.57. The standard InChI is InChI=1S/C15H14N4O3S/c1-9(17-14(20)11-7-23-8-16-11)15-18-13(19-22-15)10-5-3-4-6-12(10)21-2/h3-9H,1-2H3,(H,17,20). The van der Waals surface area contributed by atoms with Crippen LogP contribution < -0.4 is 10.1 Å². The van der Waals surface area contributed by atoms with Crippen molar-refractivity contribution in [3.63, 3.8) is 0 Å². The van der Waals surface area contributed by atoms with Crippen LogP contribution in [0.5, 0.6) is 5.75 Å². The summed E-state index contributed by atoms with van der Waals surface area (Å²) in [4.78, 5) is 20.3. The SMILES string of the molecule is COc1ccccc1-c1noc(C(C)NC(=O)c2cscn2)n1. The third kappa shape index (κ3) is 3.21. The lowest BCUT2D eigenvalue weighted by molar-refractivity contribution is 0.0928. The molecule has 118 valence electrons. The minimum absolute atomic E-state index is 0.282. The smallest absolute Gasteiger partial charge is 0.271 e. The van der Waals surface area contributed by atoms with Crippen LogP contribution in [0.2, 0.25) is 0 Å². The number of hydrogen-bond acceptors (Lipinski definition) is 7. The lowest BCUT2D eigenvalue weighted by Crippen LogP contribution is -2.27. The van der Waals surface area contributed by atoms with Crippen molar-refractivity contribution in [3.8, 4) is 17.1 Å². The van der Waals surface area contributed by atoms with Crippen LogP contribution >= 0.6 is 11.3 Å². The van der Waals surface area contributed by atoms with E-state index in [0.29, 0.717) is 23.2 Å². The van der Waals surface area contributed by atoms with E-state index in [1.54, 1.807) is 24.9 Å². The maximum absolute atomic E-state index is 12.0. The Bertz CT molecular complexity index is 801. The first-order valence-electron chi connectivity index (χ1n) is 6.85. The van der Waals surface area contributed by atoms with Gasteiger partial charge in [-0.25, -0.2) is 4.98 Å². The third-order valence-corrected chi connectivity index (χ3v) is 3.76. The zero-order chi connectivity index (χ0) is 16.2. The molecule has 0 spiro atoms. The number of carbonyl (C=O) groups is 1. The molecule has 1 unspecified atom stereocenters. The Labute approximate surface area is 136 Å². The summed E-state index contributed by atoms with van der Waals surface area (Å²) < 4.78 is 10.5. The molecule has 0 aliphatic rings. The molecule has 0 bridgehead atoms.